The van der Waals surface area contributed by atoms with Crippen LogP contribution in [0.2, 0.25) is 0 Å². The number of rotatable bonds is 14. The first-order valence-electron chi connectivity index (χ1n) is 13.4. The van der Waals surface area contributed by atoms with Crippen LogP contribution in [0.5, 0.6) is 5.75 Å². The number of carbonyl (C=O) groups excluding carboxylic acids is 3. The lowest BCUT2D eigenvalue weighted by atomic mass is 9.99. The Balaban J connectivity index is 1.80. The van der Waals surface area contributed by atoms with Crippen molar-refractivity contribution in [1.29, 1.82) is 0 Å². The van der Waals surface area contributed by atoms with Gasteiger partial charge < -0.3 is 31.5 Å². The maximum atomic E-state index is 13.5. The van der Waals surface area contributed by atoms with Crippen LogP contribution < -0.4 is 26.4 Å². The van der Waals surface area contributed by atoms with E-state index in [-0.39, 0.29) is 25.3 Å². The van der Waals surface area contributed by atoms with Crippen LogP contribution >= 0.6 is 0 Å². The third-order valence-electron chi connectivity index (χ3n) is 6.41. The summed E-state index contributed by atoms with van der Waals surface area (Å²) in [6.45, 7) is 4.72. The molecule has 0 aliphatic carbocycles. The van der Waals surface area contributed by atoms with Crippen molar-refractivity contribution < 1.29 is 24.2 Å². The summed E-state index contributed by atoms with van der Waals surface area (Å²) in [6, 6.07) is 21.1. The molecule has 3 rings (SSSR count). The molecule has 0 heterocycles. The van der Waals surface area contributed by atoms with Crippen molar-refractivity contribution in [2.45, 2.75) is 58.0 Å². The Morgan fingerprint density at radius 2 is 1.45 bits per heavy atom. The van der Waals surface area contributed by atoms with Gasteiger partial charge in [0.1, 0.15) is 23.9 Å². The van der Waals surface area contributed by atoms with Crippen molar-refractivity contribution >= 4 is 17.7 Å². The van der Waals surface area contributed by atoms with Crippen molar-refractivity contribution in [3.05, 3.63) is 101 Å². The molecule has 0 aliphatic heterocycles. The minimum Gasteiger partial charge on any atom is -0.494 e. The summed E-state index contributed by atoms with van der Waals surface area (Å²) in [5.41, 5.74) is 8.73. The highest BCUT2D eigenvalue weighted by Gasteiger charge is 2.32. The zero-order valence-electron chi connectivity index (χ0n) is 22.9. The Morgan fingerprint density at radius 3 is 2.05 bits per heavy atom. The van der Waals surface area contributed by atoms with E-state index in [0.717, 1.165) is 16.7 Å². The minimum absolute atomic E-state index is 0.187. The van der Waals surface area contributed by atoms with Crippen molar-refractivity contribution in [2.75, 3.05) is 6.61 Å². The Bertz CT molecular complexity index is 1230. The SMILES string of the molecule is CCOc1ccc(C[C@@H](NC(=O)CC)C(=O)N[C@@H](C(=O)NCc2ccc(CN)cc2)[C@@H](O)c2ccccc2)cc1. The van der Waals surface area contributed by atoms with E-state index >= 15 is 0 Å². The largest absolute Gasteiger partial charge is 0.494 e. The third-order valence-corrected chi connectivity index (χ3v) is 6.41. The van der Waals surface area contributed by atoms with Crippen LogP contribution in [0, 0.1) is 0 Å². The smallest absolute Gasteiger partial charge is 0.245 e. The molecule has 0 saturated heterocycles. The number of hydrogen-bond donors (Lipinski definition) is 5. The van der Waals surface area contributed by atoms with Crippen LogP contribution in [0.25, 0.3) is 0 Å². The lowest BCUT2D eigenvalue weighted by molar-refractivity contribution is -0.134. The van der Waals surface area contributed by atoms with E-state index < -0.39 is 30.0 Å². The van der Waals surface area contributed by atoms with Gasteiger partial charge >= 0.3 is 0 Å². The lowest BCUT2D eigenvalue weighted by Crippen LogP contribution is -2.56. The Labute approximate surface area is 235 Å². The summed E-state index contributed by atoms with van der Waals surface area (Å²) >= 11 is 0. The lowest BCUT2D eigenvalue weighted by Gasteiger charge is -2.27. The first-order chi connectivity index (χ1) is 19.3. The standard InChI is InChI=1S/C31H38N4O5/c1-3-27(36)34-26(18-21-14-16-25(17-15-21)40-4-2)30(38)35-28(29(37)24-8-6-5-7-9-24)31(39)33-20-23-12-10-22(19-32)11-13-23/h5-17,26,28-29,37H,3-4,18-20,32H2,1-2H3,(H,33,39)(H,34,36)(H,35,38)/t26-,28-,29+/m1/s1. The van der Waals surface area contributed by atoms with Crippen LogP contribution in [0.3, 0.4) is 0 Å². The fourth-order valence-electron chi connectivity index (χ4n) is 4.11. The number of aliphatic hydroxyl groups excluding tert-OH is 1. The van der Waals surface area contributed by atoms with Gasteiger partial charge in [-0.3, -0.25) is 14.4 Å². The normalized spacial score (nSPS) is 13.0. The molecule has 0 aliphatic rings. The number of ether oxygens (including phenoxy) is 1. The average molecular weight is 547 g/mol. The molecule has 0 unspecified atom stereocenters. The van der Waals surface area contributed by atoms with Gasteiger partial charge in [0, 0.05) is 25.9 Å². The second-order valence-corrected chi connectivity index (χ2v) is 9.33. The second-order valence-electron chi connectivity index (χ2n) is 9.33. The molecule has 0 radical (unpaired) electrons. The number of nitrogens with two attached hydrogens (primary N) is 1. The maximum Gasteiger partial charge on any atom is 0.245 e. The minimum atomic E-state index is -1.32. The van der Waals surface area contributed by atoms with E-state index in [1.165, 1.54) is 0 Å². The Kier molecular flexibility index (Phi) is 11.7. The predicted molar refractivity (Wildman–Crippen MR) is 153 cm³/mol. The quantitative estimate of drug-likeness (QED) is 0.210. The highest BCUT2D eigenvalue weighted by atomic mass is 16.5. The van der Waals surface area contributed by atoms with Crippen LogP contribution in [0.15, 0.2) is 78.9 Å². The van der Waals surface area contributed by atoms with E-state index in [4.69, 9.17) is 10.5 Å². The fourth-order valence-corrected chi connectivity index (χ4v) is 4.11. The number of hydrogen-bond acceptors (Lipinski definition) is 6. The van der Waals surface area contributed by atoms with Crippen LogP contribution in [-0.4, -0.2) is 41.5 Å². The first kappa shape index (κ1) is 30.3. The molecule has 0 aromatic heterocycles. The highest BCUT2D eigenvalue weighted by Crippen LogP contribution is 2.18. The molecular weight excluding hydrogens is 508 g/mol. The van der Waals surface area contributed by atoms with Crippen molar-refractivity contribution in [2.24, 2.45) is 5.73 Å². The summed E-state index contributed by atoms with van der Waals surface area (Å²) in [6.07, 6.45) is -0.947. The number of nitrogens with one attached hydrogen (secondary N) is 3. The number of carbonyl (C=O) groups is 3. The summed E-state index contributed by atoms with van der Waals surface area (Å²) in [4.78, 5) is 39.1. The maximum absolute atomic E-state index is 13.5. The van der Waals surface area contributed by atoms with E-state index in [1.54, 1.807) is 49.4 Å². The van der Waals surface area contributed by atoms with E-state index in [9.17, 15) is 19.5 Å². The average Bonchev–Trinajstić information content (AvgIpc) is 2.99. The van der Waals surface area contributed by atoms with Gasteiger partial charge in [-0.2, -0.15) is 0 Å². The van der Waals surface area contributed by atoms with Gasteiger partial charge in [0.25, 0.3) is 0 Å². The monoisotopic (exact) mass is 546 g/mol. The van der Waals surface area contributed by atoms with Crippen molar-refractivity contribution in [3.8, 4) is 5.75 Å². The van der Waals surface area contributed by atoms with Crippen LogP contribution in [0.4, 0.5) is 0 Å². The molecule has 3 aromatic carbocycles. The molecule has 9 nitrogen and oxygen atoms in total. The van der Waals surface area contributed by atoms with Crippen LogP contribution in [0.1, 0.15) is 48.6 Å². The van der Waals surface area contributed by atoms with Crippen molar-refractivity contribution in [1.82, 2.24) is 16.0 Å². The molecule has 0 fully saturated rings. The molecule has 9 heteroatoms. The number of amides is 3. The van der Waals surface area contributed by atoms with Crippen LogP contribution in [-0.2, 0) is 33.9 Å². The van der Waals surface area contributed by atoms with Gasteiger partial charge in [0.15, 0.2) is 0 Å². The summed E-state index contributed by atoms with van der Waals surface area (Å²) in [5, 5.41) is 19.4. The third kappa shape index (κ3) is 8.93. The van der Waals surface area contributed by atoms with Crippen molar-refractivity contribution in [3.63, 3.8) is 0 Å². The number of benzene rings is 3. The van der Waals surface area contributed by atoms with Gasteiger partial charge in [-0.05, 0) is 41.3 Å². The fraction of sp³-hybridized carbons (Fsp3) is 0.323. The molecule has 0 bridgehead atoms. The molecule has 0 spiro atoms. The summed E-state index contributed by atoms with van der Waals surface area (Å²) in [7, 11) is 0. The molecule has 3 atom stereocenters. The predicted octanol–water partition coefficient (Wildman–Crippen LogP) is 2.52. The highest BCUT2D eigenvalue weighted by molar-refractivity contribution is 5.92. The van der Waals surface area contributed by atoms with Gasteiger partial charge in [0.2, 0.25) is 17.7 Å². The molecule has 0 saturated carbocycles. The Morgan fingerprint density at radius 1 is 0.825 bits per heavy atom. The molecule has 3 amide bonds. The molecule has 212 valence electrons. The van der Waals surface area contributed by atoms with Gasteiger partial charge in [-0.15, -0.1) is 0 Å². The van der Waals surface area contributed by atoms with Gasteiger partial charge in [-0.1, -0.05) is 73.7 Å². The first-order valence-corrected chi connectivity index (χ1v) is 13.4. The van der Waals surface area contributed by atoms with E-state index in [1.807, 2.05) is 43.3 Å². The summed E-state index contributed by atoms with van der Waals surface area (Å²) < 4.78 is 5.48. The number of aliphatic hydroxyl groups is 1. The van der Waals surface area contributed by atoms with E-state index in [0.29, 0.717) is 24.5 Å². The Hall–Kier alpha value is -4.21. The molecule has 3 aromatic rings. The van der Waals surface area contributed by atoms with E-state index in [2.05, 4.69) is 16.0 Å². The second kappa shape index (κ2) is 15.4. The van der Waals surface area contributed by atoms with Gasteiger partial charge in [0.05, 0.1) is 6.61 Å². The zero-order chi connectivity index (χ0) is 28.9. The summed E-state index contributed by atoms with van der Waals surface area (Å²) in [5.74, 6) is -0.755. The zero-order valence-corrected chi connectivity index (χ0v) is 22.9. The molecular formula is C31H38N4O5. The molecule has 40 heavy (non-hydrogen) atoms. The topological polar surface area (TPSA) is 143 Å². The molecule has 6 N–H and O–H groups in total. The van der Waals surface area contributed by atoms with Gasteiger partial charge in [-0.25, -0.2) is 0 Å².